The van der Waals surface area contributed by atoms with Crippen molar-refractivity contribution in [1.82, 2.24) is 4.90 Å². The Hall–Kier alpha value is -0.200. The van der Waals surface area contributed by atoms with Crippen molar-refractivity contribution in [2.45, 2.75) is 45.1 Å². The van der Waals surface area contributed by atoms with E-state index in [1.165, 1.54) is 50.3 Å². The van der Waals surface area contributed by atoms with Crippen LogP contribution in [-0.4, -0.2) is 35.5 Å². The Bertz CT molecular complexity index is 266. The van der Waals surface area contributed by atoms with Crippen LogP contribution in [-0.2, 0) is 0 Å². The fourth-order valence-corrected chi connectivity index (χ4v) is 4.15. The first-order valence-electron chi connectivity index (χ1n) is 7.06. The summed E-state index contributed by atoms with van der Waals surface area (Å²) < 4.78 is 0. The van der Waals surface area contributed by atoms with Gasteiger partial charge in [-0.15, -0.1) is 0 Å². The number of hydrogen-bond donors (Lipinski definition) is 0. The van der Waals surface area contributed by atoms with E-state index >= 15 is 0 Å². The molecular weight excluding hydrogens is 228 g/mol. The maximum atomic E-state index is 9.34. The van der Waals surface area contributed by atoms with E-state index in [2.05, 4.69) is 29.7 Å². The smallest absolute Gasteiger partial charge is 0.0672 e. The van der Waals surface area contributed by atoms with E-state index in [1.54, 1.807) is 0 Å². The molecule has 17 heavy (non-hydrogen) atoms. The second-order valence-electron chi connectivity index (χ2n) is 5.39. The van der Waals surface area contributed by atoms with Crippen molar-refractivity contribution in [1.29, 1.82) is 5.26 Å². The van der Waals surface area contributed by atoms with Gasteiger partial charge in [0.25, 0.3) is 0 Å². The summed E-state index contributed by atoms with van der Waals surface area (Å²) in [5.74, 6) is 3.71. The van der Waals surface area contributed by atoms with Crippen LogP contribution in [0.2, 0.25) is 0 Å². The molecule has 2 rings (SSSR count). The maximum Gasteiger partial charge on any atom is 0.0672 e. The van der Waals surface area contributed by atoms with Gasteiger partial charge in [-0.3, -0.25) is 4.90 Å². The Morgan fingerprint density at radius 1 is 1.29 bits per heavy atom. The Kier molecular flexibility index (Phi) is 5.18. The number of rotatable bonds is 2. The predicted octanol–water partition coefficient (Wildman–Crippen LogP) is 3.14. The molecule has 0 aromatic heterocycles. The summed E-state index contributed by atoms with van der Waals surface area (Å²) in [6, 6.07) is 3.12. The van der Waals surface area contributed by atoms with Crippen LogP contribution in [0.1, 0.15) is 39.0 Å². The van der Waals surface area contributed by atoms with Gasteiger partial charge in [-0.1, -0.05) is 13.3 Å². The van der Waals surface area contributed by atoms with E-state index in [-0.39, 0.29) is 0 Å². The third-order valence-corrected chi connectivity index (χ3v) is 5.44. The molecule has 1 heterocycles. The predicted molar refractivity (Wildman–Crippen MR) is 74.0 cm³/mol. The zero-order chi connectivity index (χ0) is 12.1. The highest BCUT2D eigenvalue weighted by atomic mass is 32.2. The molecule has 0 aromatic rings. The number of thioether (sulfide) groups is 1. The fraction of sp³-hybridized carbons (Fsp3) is 0.929. The quantitative estimate of drug-likeness (QED) is 0.755. The van der Waals surface area contributed by atoms with E-state index in [0.29, 0.717) is 12.0 Å². The molecular formula is C14H24N2S. The number of nitriles is 1. The van der Waals surface area contributed by atoms with Crippen LogP contribution < -0.4 is 0 Å². The van der Waals surface area contributed by atoms with Crippen LogP contribution in [0.5, 0.6) is 0 Å². The van der Waals surface area contributed by atoms with Gasteiger partial charge in [-0.05, 0) is 43.9 Å². The molecule has 1 aliphatic carbocycles. The lowest BCUT2D eigenvalue weighted by molar-refractivity contribution is 0.107. The van der Waals surface area contributed by atoms with Crippen LogP contribution in [0.3, 0.4) is 0 Å². The third-order valence-electron chi connectivity index (χ3n) is 4.39. The molecule has 96 valence electrons. The summed E-state index contributed by atoms with van der Waals surface area (Å²) in [5, 5.41) is 9.34. The summed E-state index contributed by atoms with van der Waals surface area (Å²) in [5.41, 5.74) is 0. The molecule has 1 saturated carbocycles. The standard InChI is InChI=1S/C14H24N2S/c1-2-12-4-5-13(11-15)14(10-12)16-6-3-8-17-9-7-16/h12-14H,2-10H2,1H3. The van der Waals surface area contributed by atoms with Gasteiger partial charge in [-0.2, -0.15) is 17.0 Å². The highest BCUT2D eigenvalue weighted by Gasteiger charge is 2.33. The monoisotopic (exact) mass is 252 g/mol. The van der Waals surface area contributed by atoms with Gasteiger partial charge in [0.1, 0.15) is 0 Å². The van der Waals surface area contributed by atoms with E-state index < -0.39 is 0 Å². The Balaban J connectivity index is 2.00. The normalized spacial score (nSPS) is 36.1. The molecule has 3 atom stereocenters. The van der Waals surface area contributed by atoms with Crippen LogP contribution in [0.4, 0.5) is 0 Å². The lowest BCUT2D eigenvalue weighted by atomic mass is 9.77. The van der Waals surface area contributed by atoms with E-state index in [9.17, 15) is 5.26 Å². The van der Waals surface area contributed by atoms with Crippen molar-refractivity contribution < 1.29 is 0 Å². The molecule has 0 N–H and O–H groups in total. The summed E-state index contributed by atoms with van der Waals surface area (Å²) in [6.45, 7) is 4.71. The molecule has 2 nitrogen and oxygen atoms in total. The maximum absolute atomic E-state index is 9.34. The van der Waals surface area contributed by atoms with Gasteiger partial charge in [0.2, 0.25) is 0 Å². The first-order valence-corrected chi connectivity index (χ1v) is 8.22. The first-order chi connectivity index (χ1) is 8.35. The van der Waals surface area contributed by atoms with Crippen molar-refractivity contribution >= 4 is 11.8 Å². The highest BCUT2D eigenvalue weighted by Crippen LogP contribution is 2.34. The minimum absolute atomic E-state index is 0.292. The molecule has 3 heteroatoms. The number of nitrogens with zero attached hydrogens (tertiary/aromatic N) is 2. The molecule has 2 fully saturated rings. The number of hydrogen-bond acceptors (Lipinski definition) is 3. The first kappa shape index (κ1) is 13.2. The highest BCUT2D eigenvalue weighted by molar-refractivity contribution is 7.99. The Morgan fingerprint density at radius 3 is 2.94 bits per heavy atom. The molecule has 0 bridgehead atoms. The average Bonchev–Trinajstić information content (AvgIpc) is 2.66. The minimum atomic E-state index is 0.292. The van der Waals surface area contributed by atoms with Crippen molar-refractivity contribution in [3.63, 3.8) is 0 Å². The lowest BCUT2D eigenvalue weighted by Gasteiger charge is -2.39. The zero-order valence-electron chi connectivity index (χ0n) is 10.9. The van der Waals surface area contributed by atoms with E-state index in [0.717, 1.165) is 12.3 Å². The van der Waals surface area contributed by atoms with Gasteiger partial charge in [0.15, 0.2) is 0 Å². The molecule has 0 radical (unpaired) electrons. The Labute approximate surface area is 110 Å². The molecule has 2 aliphatic rings. The van der Waals surface area contributed by atoms with Crippen LogP contribution in [0.25, 0.3) is 0 Å². The summed E-state index contributed by atoms with van der Waals surface area (Å²) in [7, 11) is 0. The Morgan fingerprint density at radius 2 is 2.18 bits per heavy atom. The van der Waals surface area contributed by atoms with Crippen LogP contribution in [0, 0.1) is 23.2 Å². The van der Waals surface area contributed by atoms with Crippen molar-refractivity contribution in [3.05, 3.63) is 0 Å². The topological polar surface area (TPSA) is 27.0 Å². The summed E-state index contributed by atoms with van der Waals surface area (Å²) in [6.07, 6.45) is 6.25. The minimum Gasteiger partial charge on any atom is -0.298 e. The molecule has 1 aliphatic heterocycles. The van der Waals surface area contributed by atoms with Gasteiger partial charge in [0.05, 0.1) is 12.0 Å². The van der Waals surface area contributed by atoms with Crippen molar-refractivity contribution in [2.75, 3.05) is 24.6 Å². The second-order valence-corrected chi connectivity index (χ2v) is 6.62. The molecule has 1 saturated heterocycles. The van der Waals surface area contributed by atoms with E-state index in [1.807, 2.05) is 0 Å². The average molecular weight is 252 g/mol. The van der Waals surface area contributed by atoms with Crippen LogP contribution in [0.15, 0.2) is 0 Å². The largest absolute Gasteiger partial charge is 0.298 e. The van der Waals surface area contributed by atoms with Gasteiger partial charge < -0.3 is 0 Å². The molecule has 0 spiro atoms. The third kappa shape index (κ3) is 3.39. The lowest BCUT2D eigenvalue weighted by Crippen LogP contribution is -2.45. The SMILES string of the molecule is CCC1CCC(C#N)C(N2CCCSCC2)C1. The van der Waals surface area contributed by atoms with Crippen molar-refractivity contribution in [3.8, 4) is 6.07 Å². The second kappa shape index (κ2) is 6.66. The van der Waals surface area contributed by atoms with Crippen molar-refractivity contribution in [2.24, 2.45) is 11.8 Å². The summed E-state index contributed by atoms with van der Waals surface area (Å²) >= 11 is 2.07. The fourth-order valence-electron chi connectivity index (χ4n) is 3.25. The molecule has 3 unspecified atom stereocenters. The molecule has 0 aromatic carbocycles. The van der Waals surface area contributed by atoms with Gasteiger partial charge in [0, 0.05) is 18.3 Å². The van der Waals surface area contributed by atoms with Crippen LogP contribution >= 0.6 is 11.8 Å². The zero-order valence-corrected chi connectivity index (χ0v) is 11.7. The van der Waals surface area contributed by atoms with E-state index in [4.69, 9.17) is 0 Å². The van der Waals surface area contributed by atoms with Gasteiger partial charge >= 0.3 is 0 Å². The molecule has 0 amide bonds. The van der Waals surface area contributed by atoms with Gasteiger partial charge in [-0.25, -0.2) is 0 Å². The summed E-state index contributed by atoms with van der Waals surface area (Å²) in [4.78, 5) is 2.62.